The quantitative estimate of drug-likeness (QED) is 0.0551. The third-order valence-electron chi connectivity index (χ3n) is 11.4. The molecule has 0 aliphatic rings. The lowest BCUT2D eigenvalue weighted by molar-refractivity contribution is 0.0624. The first-order valence-corrected chi connectivity index (χ1v) is 25.7. The van der Waals surface area contributed by atoms with E-state index in [4.69, 9.17) is 37.6 Å². The molecule has 24 nitrogen and oxygen atoms in total. The molecule has 0 aliphatic heterocycles. The number of H-pyrrole nitrogens is 2. The van der Waals surface area contributed by atoms with Gasteiger partial charge in [0.1, 0.15) is 45.7 Å². The van der Waals surface area contributed by atoms with Crippen molar-refractivity contribution in [2.24, 2.45) is 5.73 Å². The van der Waals surface area contributed by atoms with E-state index in [0.717, 1.165) is 66.9 Å². The molecule has 8 rings (SSSR count). The number of anilines is 3. The van der Waals surface area contributed by atoms with Gasteiger partial charge in [0.2, 0.25) is 0 Å². The van der Waals surface area contributed by atoms with Crippen LogP contribution in [0.1, 0.15) is 129 Å². The Hall–Kier alpha value is -9.29. The normalized spacial score (nSPS) is 10.9. The highest BCUT2D eigenvalue weighted by Crippen LogP contribution is 2.22. The minimum Gasteiger partial charge on any atom is -0.477 e. The van der Waals surface area contributed by atoms with E-state index in [1.165, 1.54) is 18.5 Å². The molecule has 25 heteroatoms. The highest BCUT2D eigenvalue weighted by atomic mass is 35.5. The largest absolute Gasteiger partial charge is 0.477 e. The van der Waals surface area contributed by atoms with Crippen LogP contribution in [-0.2, 0) is 35.7 Å². The third-order valence-corrected chi connectivity index (χ3v) is 11.6. The fourth-order valence-electron chi connectivity index (χ4n) is 7.68. The Balaban J connectivity index is 0.000000213. The topological polar surface area (TPSA) is 351 Å². The van der Waals surface area contributed by atoms with Gasteiger partial charge in [0.05, 0.1) is 17.1 Å². The number of hydrogen-bond acceptors (Lipinski definition) is 16. The molecule has 0 radical (unpaired) electrons. The third kappa shape index (κ3) is 19.8. The van der Waals surface area contributed by atoms with Crippen LogP contribution in [0, 0.1) is 41.5 Å². The molecule has 0 bridgehead atoms. The fraction of sp³-hybridized carbons (Fsp3) is 0.321. The van der Waals surface area contributed by atoms with Gasteiger partial charge >= 0.3 is 18.2 Å². The molecule has 11 N–H and O–H groups in total. The highest BCUT2D eigenvalue weighted by molar-refractivity contribution is 6.31. The van der Waals surface area contributed by atoms with Gasteiger partial charge in [0, 0.05) is 66.9 Å². The number of fused-ring (bicyclic) bond motifs is 1. The summed E-state index contributed by atoms with van der Waals surface area (Å²) in [6.45, 7) is 23.9. The van der Waals surface area contributed by atoms with Crippen molar-refractivity contribution >= 4 is 69.9 Å². The Kier molecular flexibility index (Phi) is 21.6. The molecule has 4 amide bonds. The number of nitrogens with zero attached hydrogens (tertiary/aromatic N) is 8. The fourth-order valence-corrected chi connectivity index (χ4v) is 7.85. The van der Waals surface area contributed by atoms with Gasteiger partial charge in [-0.25, -0.2) is 29.3 Å². The molecule has 7 aromatic heterocycles. The van der Waals surface area contributed by atoms with Crippen LogP contribution in [0.3, 0.4) is 0 Å². The number of halogens is 1. The number of rotatable bonds is 12. The van der Waals surface area contributed by atoms with Crippen LogP contribution in [0.5, 0.6) is 0 Å². The maximum Gasteiger partial charge on any atom is 0.413 e. The SMILES string of the molecule is Cc1cc(N)nc(C)c1CNC(=O)c1ccn(Cc2ccc3ncc(Cl)cc3c2)n1.Cc1cc(NC(=O)OC(C)(C)C)nc(C)c1CN.Cc1cc(NC(=O)OC(C)(C)C)nc(C)c1CNC(=O)c1ccn[nH]1.O=C(O)c1ccn[nH]1. The number of benzene rings is 1. The van der Waals surface area contributed by atoms with Gasteiger partial charge in [-0.05, 0) is 177 Å². The van der Waals surface area contributed by atoms with E-state index in [0.29, 0.717) is 60.0 Å². The van der Waals surface area contributed by atoms with E-state index < -0.39 is 29.4 Å². The Morgan fingerprint density at radius 3 is 1.67 bits per heavy atom. The molecule has 0 fully saturated rings. The lowest BCUT2D eigenvalue weighted by atomic mass is 10.1. The zero-order valence-corrected chi connectivity index (χ0v) is 48.1. The Bertz CT molecular complexity index is 3410. The first-order valence-electron chi connectivity index (χ1n) is 25.3. The summed E-state index contributed by atoms with van der Waals surface area (Å²) in [6.07, 6.45) is 5.27. The van der Waals surface area contributed by atoms with Crippen molar-refractivity contribution in [3.8, 4) is 0 Å². The summed E-state index contributed by atoms with van der Waals surface area (Å²) in [6, 6.07) is 17.9. The zero-order valence-electron chi connectivity index (χ0n) is 47.3. The first kappa shape index (κ1) is 62.6. The number of nitrogens with two attached hydrogens (primary N) is 2. The van der Waals surface area contributed by atoms with E-state index in [1.807, 2.05) is 86.6 Å². The molecule has 0 unspecified atom stereocenters. The van der Waals surface area contributed by atoms with E-state index in [9.17, 15) is 24.0 Å². The minimum atomic E-state index is -0.984. The Labute approximate surface area is 473 Å². The summed E-state index contributed by atoms with van der Waals surface area (Å²) >= 11 is 6.04. The Morgan fingerprint density at radius 2 is 1.19 bits per heavy atom. The maximum atomic E-state index is 12.5. The second kappa shape index (κ2) is 28.0. The second-order valence-corrected chi connectivity index (χ2v) is 20.8. The number of amides is 4. The molecule has 81 heavy (non-hydrogen) atoms. The number of carbonyl (C=O) groups is 5. The number of aryl methyl sites for hydroxylation is 6. The number of aromatic carboxylic acids is 1. The zero-order chi connectivity index (χ0) is 59.8. The number of carboxylic acid groups (broad SMARTS) is 1. The Morgan fingerprint density at radius 1 is 0.667 bits per heavy atom. The molecule has 0 saturated carbocycles. The van der Waals surface area contributed by atoms with Crippen LogP contribution in [-0.4, -0.2) is 96.4 Å². The molecule has 8 aromatic rings. The van der Waals surface area contributed by atoms with Gasteiger partial charge < -0.3 is 36.7 Å². The number of hydrogen-bond donors (Lipinski definition) is 9. The van der Waals surface area contributed by atoms with E-state index in [-0.39, 0.29) is 17.5 Å². The summed E-state index contributed by atoms with van der Waals surface area (Å²) in [5.41, 5.74) is 21.2. The van der Waals surface area contributed by atoms with Gasteiger partial charge in [-0.2, -0.15) is 15.3 Å². The lowest BCUT2D eigenvalue weighted by Crippen LogP contribution is -2.28. The number of pyridine rings is 4. The van der Waals surface area contributed by atoms with Crippen LogP contribution in [0.4, 0.5) is 27.0 Å². The van der Waals surface area contributed by atoms with Crippen molar-refractivity contribution in [1.29, 1.82) is 0 Å². The molecule has 1 aromatic carbocycles. The minimum absolute atomic E-state index is 0.116. The van der Waals surface area contributed by atoms with Gasteiger partial charge in [-0.3, -0.25) is 40.1 Å². The predicted octanol–water partition coefficient (Wildman–Crippen LogP) is 8.97. The number of nitrogen functional groups attached to an aromatic ring is 1. The van der Waals surface area contributed by atoms with Crippen molar-refractivity contribution in [2.45, 2.75) is 120 Å². The smallest absolute Gasteiger partial charge is 0.413 e. The molecule has 428 valence electrons. The van der Waals surface area contributed by atoms with Crippen molar-refractivity contribution in [3.63, 3.8) is 0 Å². The number of carboxylic acids is 1. The molecule has 0 atom stereocenters. The standard InChI is InChI=1S/C22H21ClN6O.C17H23N5O3.C13H21N3O2.C4H4N2O2/c1-13-7-21(24)27-14(2)18(13)11-26-22(30)20-5-6-29(28-20)12-15-3-4-19-16(8-15)9-17(23)10-25-19;1-10-8-14(21-16(24)25-17(3,4)5)20-11(2)12(10)9-18-15(23)13-6-7-19-22-13;1-8-6-11(15-9(2)10(8)7-14)16-12(17)18-13(3,4)5;7-4(8)3-1-2-5-6-3/h3-10H,11-12H2,1-2H3,(H2,24,27)(H,26,30);6-8H,9H2,1-5H3,(H,18,23)(H,19,22)(H,20,21,24);6H,7,14H2,1-5H3,(H,15,16,17);1-2H,(H,5,6)(H,7,8). The maximum absolute atomic E-state index is 12.5. The molecule has 0 aliphatic carbocycles. The highest BCUT2D eigenvalue weighted by Gasteiger charge is 2.20. The summed E-state index contributed by atoms with van der Waals surface area (Å²) in [5, 5.41) is 37.2. The number of carbonyl (C=O) groups excluding carboxylic acids is 4. The molecular formula is C56H69ClN16O8. The second-order valence-electron chi connectivity index (χ2n) is 20.4. The van der Waals surface area contributed by atoms with Crippen molar-refractivity contribution in [2.75, 3.05) is 16.4 Å². The lowest BCUT2D eigenvalue weighted by Gasteiger charge is -2.20. The molecule has 7 heterocycles. The number of nitrogens with one attached hydrogen (secondary N) is 6. The van der Waals surface area contributed by atoms with E-state index in [2.05, 4.69) is 66.7 Å². The monoisotopic (exact) mass is 1130 g/mol. The van der Waals surface area contributed by atoms with Crippen LogP contribution >= 0.6 is 11.6 Å². The number of aromatic nitrogens is 10. The average Bonchev–Trinajstić information content (AvgIpc) is 4.21. The van der Waals surface area contributed by atoms with Crippen molar-refractivity contribution in [1.82, 2.24) is 60.7 Å². The van der Waals surface area contributed by atoms with Gasteiger partial charge in [0.25, 0.3) is 11.8 Å². The summed E-state index contributed by atoms with van der Waals surface area (Å²) < 4.78 is 12.1. The van der Waals surface area contributed by atoms with E-state index >= 15 is 0 Å². The van der Waals surface area contributed by atoms with Gasteiger partial charge in [-0.15, -0.1) is 0 Å². The van der Waals surface area contributed by atoms with Crippen LogP contribution in [0.2, 0.25) is 5.02 Å². The molecule has 0 saturated heterocycles. The predicted molar refractivity (Wildman–Crippen MR) is 308 cm³/mol. The van der Waals surface area contributed by atoms with Crippen LogP contribution < -0.4 is 32.7 Å². The van der Waals surface area contributed by atoms with Crippen LogP contribution in [0.25, 0.3) is 10.9 Å². The summed E-state index contributed by atoms with van der Waals surface area (Å²) in [5.74, 6) is -0.0940. The van der Waals surface area contributed by atoms with Gasteiger partial charge in [0.15, 0.2) is 0 Å². The van der Waals surface area contributed by atoms with E-state index in [1.54, 1.807) is 68.2 Å². The number of ether oxygens (including phenoxy) is 2. The van der Waals surface area contributed by atoms with Crippen LogP contribution in [0.15, 0.2) is 85.5 Å². The summed E-state index contributed by atoms with van der Waals surface area (Å²) in [4.78, 5) is 75.1. The summed E-state index contributed by atoms with van der Waals surface area (Å²) in [7, 11) is 0. The molecule has 0 spiro atoms. The number of aromatic amines is 2. The van der Waals surface area contributed by atoms with Crippen molar-refractivity contribution < 1.29 is 38.6 Å². The molecular weight excluding hydrogens is 1060 g/mol. The van der Waals surface area contributed by atoms with Crippen molar-refractivity contribution in [3.05, 3.63) is 164 Å². The van der Waals surface area contributed by atoms with Gasteiger partial charge in [-0.1, -0.05) is 17.7 Å². The average molecular weight is 1130 g/mol. The first-order chi connectivity index (χ1) is 38.1.